The Hall–Kier alpha value is 0. The molecule has 0 rings (SSSR count). The van der Waals surface area contributed by atoms with Crippen LogP contribution in [0.2, 0.25) is 0 Å². The first-order chi connectivity index (χ1) is 11.6. The molecule has 0 spiro atoms. The topological polar surface area (TPSA) is 0 Å². The lowest BCUT2D eigenvalue weighted by atomic mass is 9.94. The summed E-state index contributed by atoms with van der Waals surface area (Å²) < 4.78 is 0. The maximum atomic E-state index is 2.24. The van der Waals surface area contributed by atoms with Crippen molar-refractivity contribution in [3.63, 3.8) is 0 Å². The molecule has 0 aromatic rings. The molecule has 26 heavy (non-hydrogen) atoms. The van der Waals surface area contributed by atoms with Crippen LogP contribution < -0.4 is 0 Å². The predicted molar refractivity (Wildman–Crippen MR) is 130 cm³/mol. The van der Waals surface area contributed by atoms with Gasteiger partial charge in [-0.3, -0.25) is 0 Å². The molecular weight excluding hydrogens is 312 g/mol. The maximum absolute atomic E-state index is 2.24. The van der Waals surface area contributed by atoms with Gasteiger partial charge in [0.1, 0.15) is 0 Å². The number of hydrogen-bond donors (Lipinski definition) is 0. The van der Waals surface area contributed by atoms with Crippen LogP contribution in [0.25, 0.3) is 0 Å². The van der Waals surface area contributed by atoms with E-state index in [1.54, 1.807) is 0 Å². The van der Waals surface area contributed by atoms with Gasteiger partial charge in [0.25, 0.3) is 0 Å². The Balaban J connectivity index is -0.0000000712. The van der Waals surface area contributed by atoms with Crippen molar-refractivity contribution >= 4 is 0 Å². The molecule has 0 aliphatic rings. The zero-order valence-corrected chi connectivity index (χ0v) is 22.4. The van der Waals surface area contributed by atoms with Gasteiger partial charge in [-0.1, -0.05) is 149 Å². The fourth-order valence-corrected chi connectivity index (χ4v) is 0. The molecule has 0 aliphatic carbocycles. The molecule has 0 aromatic carbocycles. The van der Waals surface area contributed by atoms with Gasteiger partial charge in [-0.25, -0.2) is 0 Å². The van der Waals surface area contributed by atoms with Crippen LogP contribution in [0.1, 0.15) is 149 Å². The van der Waals surface area contributed by atoms with Gasteiger partial charge in [-0.05, 0) is 22.7 Å². The SMILES string of the molecule is CCC(C)(C)C.CCC(C)(C)C.CCC(C)C.CCC(C)C.CCCC. The van der Waals surface area contributed by atoms with Crippen LogP contribution in [0.15, 0.2) is 0 Å². The van der Waals surface area contributed by atoms with Crippen molar-refractivity contribution in [2.75, 3.05) is 0 Å². The standard InChI is InChI=1S/2C6H14.2C5H12.C4H10/c2*1-5-6(2,3)4;2*1-4-5(2)3;1-3-4-2/h2*5H2,1-4H3;2*5H,4H2,1-3H3;3-4H2,1-2H3. The summed E-state index contributed by atoms with van der Waals surface area (Å²) in [5, 5.41) is 0. The first kappa shape index (κ1) is 36.8. The summed E-state index contributed by atoms with van der Waals surface area (Å²) in [5.74, 6) is 1.77. The predicted octanol–water partition coefficient (Wildman–Crippen LogP) is 10.8. The Morgan fingerprint density at radius 3 is 0.577 bits per heavy atom. The number of rotatable bonds is 3. The molecule has 0 heteroatoms. The molecule has 0 radical (unpaired) electrons. The fraction of sp³-hybridized carbons (Fsp3) is 1.00. The summed E-state index contributed by atoms with van der Waals surface area (Å²) >= 11 is 0. The summed E-state index contributed by atoms with van der Waals surface area (Å²) in [7, 11) is 0. The van der Waals surface area contributed by atoms with E-state index in [1.807, 2.05) is 0 Å². The van der Waals surface area contributed by atoms with Crippen LogP contribution in [0.4, 0.5) is 0 Å². The van der Waals surface area contributed by atoms with Crippen molar-refractivity contribution in [1.82, 2.24) is 0 Å². The first-order valence-corrected chi connectivity index (χ1v) is 11.6. The molecule has 0 bridgehead atoms. The highest BCUT2D eigenvalue weighted by molar-refractivity contribution is 4.55. The average Bonchev–Trinajstić information content (AvgIpc) is 2.55. The van der Waals surface area contributed by atoms with Gasteiger partial charge in [0.05, 0.1) is 0 Å². The summed E-state index contributed by atoms with van der Waals surface area (Å²) in [6, 6.07) is 0. The van der Waals surface area contributed by atoms with Gasteiger partial charge in [-0.2, -0.15) is 0 Å². The minimum atomic E-state index is 0.542. The van der Waals surface area contributed by atoms with Gasteiger partial charge >= 0.3 is 0 Å². The Morgan fingerprint density at radius 2 is 0.577 bits per heavy atom. The van der Waals surface area contributed by atoms with Crippen molar-refractivity contribution in [2.24, 2.45) is 22.7 Å². The monoisotopic (exact) mass is 374 g/mol. The Labute approximate surface area is 172 Å². The van der Waals surface area contributed by atoms with Crippen molar-refractivity contribution in [1.29, 1.82) is 0 Å². The lowest BCUT2D eigenvalue weighted by molar-refractivity contribution is 0.397. The first-order valence-electron chi connectivity index (χ1n) is 11.6. The molecule has 0 heterocycles. The van der Waals surface area contributed by atoms with Crippen LogP contribution in [0, 0.1) is 22.7 Å². The normalized spacial score (nSPS) is 10.4. The van der Waals surface area contributed by atoms with E-state index < -0.39 is 0 Å². The molecule has 0 saturated heterocycles. The molecule has 0 amide bonds. The highest BCUT2D eigenvalue weighted by Gasteiger charge is 2.03. The lowest BCUT2D eigenvalue weighted by Gasteiger charge is -2.12. The van der Waals surface area contributed by atoms with Crippen molar-refractivity contribution in [2.45, 2.75) is 149 Å². The molecule has 0 fully saturated rings. The second-order valence-corrected chi connectivity index (χ2v) is 10.4. The molecule has 166 valence electrons. The van der Waals surface area contributed by atoms with E-state index in [0.29, 0.717) is 10.8 Å². The Bertz CT molecular complexity index is 173. The highest BCUT2D eigenvalue weighted by Crippen LogP contribution is 2.16. The highest BCUT2D eigenvalue weighted by atomic mass is 14.1. The zero-order valence-electron chi connectivity index (χ0n) is 22.4. The molecule has 0 nitrogen and oxygen atoms in total. The third kappa shape index (κ3) is 105. The van der Waals surface area contributed by atoms with E-state index in [0.717, 1.165) is 11.8 Å². The molecule has 0 atom stereocenters. The van der Waals surface area contributed by atoms with Gasteiger partial charge < -0.3 is 0 Å². The molecule has 0 N–H and O–H groups in total. The van der Waals surface area contributed by atoms with Gasteiger partial charge in [0.2, 0.25) is 0 Å². The largest absolute Gasteiger partial charge is 0.0654 e. The third-order valence-electron chi connectivity index (χ3n) is 4.25. The minimum Gasteiger partial charge on any atom is -0.0654 e. The van der Waals surface area contributed by atoms with Crippen LogP contribution >= 0.6 is 0 Å². The van der Waals surface area contributed by atoms with Gasteiger partial charge in [0, 0.05) is 0 Å². The summed E-state index contributed by atoms with van der Waals surface area (Å²) in [6.45, 7) is 35.5. The van der Waals surface area contributed by atoms with E-state index in [2.05, 4.69) is 111 Å². The molecular formula is C26H62. The molecule has 0 saturated carbocycles. The Kier molecular flexibility index (Phi) is 35.4. The van der Waals surface area contributed by atoms with Gasteiger partial charge in [-0.15, -0.1) is 0 Å². The maximum Gasteiger partial charge on any atom is -0.0385 e. The summed E-state index contributed by atoms with van der Waals surface area (Å²) in [5.41, 5.74) is 1.08. The minimum absolute atomic E-state index is 0.542. The van der Waals surface area contributed by atoms with Crippen LogP contribution in [-0.4, -0.2) is 0 Å². The summed E-state index contributed by atoms with van der Waals surface area (Å²) in [4.78, 5) is 0. The van der Waals surface area contributed by atoms with Crippen LogP contribution in [0.3, 0.4) is 0 Å². The summed E-state index contributed by atoms with van der Waals surface area (Å²) in [6.07, 6.45) is 7.79. The third-order valence-corrected chi connectivity index (χ3v) is 4.25. The zero-order chi connectivity index (χ0) is 22.4. The fourth-order valence-electron chi connectivity index (χ4n) is 0. The van der Waals surface area contributed by atoms with E-state index in [1.165, 1.54) is 38.5 Å². The quantitative estimate of drug-likeness (QED) is 0.460. The molecule has 0 unspecified atom stereocenters. The molecule has 0 aliphatic heterocycles. The van der Waals surface area contributed by atoms with E-state index >= 15 is 0 Å². The van der Waals surface area contributed by atoms with Crippen LogP contribution in [-0.2, 0) is 0 Å². The second-order valence-electron chi connectivity index (χ2n) is 10.4. The second kappa shape index (κ2) is 25.0. The van der Waals surface area contributed by atoms with E-state index in [-0.39, 0.29) is 0 Å². The Morgan fingerprint density at radius 1 is 0.462 bits per heavy atom. The van der Waals surface area contributed by atoms with Crippen LogP contribution in [0.5, 0.6) is 0 Å². The smallest absolute Gasteiger partial charge is 0.0385 e. The number of unbranched alkanes of at least 4 members (excludes halogenated alkanes) is 1. The van der Waals surface area contributed by atoms with E-state index in [9.17, 15) is 0 Å². The van der Waals surface area contributed by atoms with Crippen molar-refractivity contribution in [3.8, 4) is 0 Å². The lowest BCUT2D eigenvalue weighted by Crippen LogP contribution is -2.00. The van der Waals surface area contributed by atoms with Crippen molar-refractivity contribution in [3.05, 3.63) is 0 Å². The van der Waals surface area contributed by atoms with E-state index in [4.69, 9.17) is 0 Å². The number of hydrogen-bond acceptors (Lipinski definition) is 0. The van der Waals surface area contributed by atoms with Crippen molar-refractivity contribution < 1.29 is 0 Å². The van der Waals surface area contributed by atoms with Gasteiger partial charge in [0.15, 0.2) is 0 Å². The molecule has 0 aromatic heterocycles. The average molecular weight is 375 g/mol.